The standard InChI is InChI=1S/C23H17NO4/c1-27-22(25)19-13-20(23(26)28-2)24-21-17(11-6-12-18(19)21)16-10-5-8-14-7-3-4-9-15(14)16/h3-13H,1-2H3. The van der Waals surface area contributed by atoms with Gasteiger partial charge in [-0.1, -0.05) is 60.7 Å². The highest BCUT2D eigenvalue weighted by Crippen LogP contribution is 2.34. The topological polar surface area (TPSA) is 65.5 Å². The van der Waals surface area contributed by atoms with Crippen molar-refractivity contribution in [2.45, 2.75) is 0 Å². The van der Waals surface area contributed by atoms with Crippen LogP contribution in [0.15, 0.2) is 66.7 Å². The number of carbonyl (C=O) groups is 2. The maximum atomic E-state index is 12.3. The average Bonchev–Trinajstić information content (AvgIpc) is 2.76. The number of methoxy groups -OCH3 is 2. The summed E-state index contributed by atoms with van der Waals surface area (Å²) in [6, 6.07) is 21.1. The van der Waals surface area contributed by atoms with Crippen LogP contribution >= 0.6 is 0 Å². The summed E-state index contributed by atoms with van der Waals surface area (Å²) in [5.74, 6) is -1.15. The third-order valence-corrected chi connectivity index (χ3v) is 4.72. The number of aromatic nitrogens is 1. The fourth-order valence-electron chi connectivity index (χ4n) is 3.41. The lowest BCUT2D eigenvalue weighted by Gasteiger charge is -2.13. The van der Waals surface area contributed by atoms with E-state index in [-0.39, 0.29) is 11.3 Å². The Morgan fingerprint density at radius 2 is 1.39 bits per heavy atom. The van der Waals surface area contributed by atoms with E-state index in [4.69, 9.17) is 9.47 Å². The van der Waals surface area contributed by atoms with Crippen LogP contribution in [0.25, 0.3) is 32.8 Å². The molecule has 0 saturated heterocycles. The van der Waals surface area contributed by atoms with E-state index in [1.165, 1.54) is 20.3 Å². The second-order valence-electron chi connectivity index (χ2n) is 6.27. The molecule has 138 valence electrons. The number of nitrogens with zero attached hydrogens (tertiary/aromatic N) is 1. The van der Waals surface area contributed by atoms with Gasteiger partial charge in [-0.2, -0.15) is 0 Å². The molecule has 28 heavy (non-hydrogen) atoms. The van der Waals surface area contributed by atoms with E-state index in [2.05, 4.69) is 4.98 Å². The van der Waals surface area contributed by atoms with Gasteiger partial charge in [-0.15, -0.1) is 0 Å². The Morgan fingerprint density at radius 1 is 0.750 bits per heavy atom. The molecule has 0 aliphatic rings. The van der Waals surface area contributed by atoms with Crippen LogP contribution in [0.1, 0.15) is 20.8 Å². The van der Waals surface area contributed by atoms with Gasteiger partial charge in [0.2, 0.25) is 0 Å². The van der Waals surface area contributed by atoms with E-state index in [1.54, 1.807) is 6.07 Å². The van der Waals surface area contributed by atoms with Gasteiger partial charge in [0.1, 0.15) is 5.69 Å². The van der Waals surface area contributed by atoms with Crippen LogP contribution in [0.4, 0.5) is 0 Å². The lowest BCUT2D eigenvalue weighted by Crippen LogP contribution is -2.10. The van der Waals surface area contributed by atoms with Gasteiger partial charge in [-0.3, -0.25) is 0 Å². The number of carbonyl (C=O) groups excluding carboxylic acids is 2. The van der Waals surface area contributed by atoms with Crippen LogP contribution in [0.2, 0.25) is 0 Å². The number of benzene rings is 3. The van der Waals surface area contributed by atoms with Crippen LogP contribution < -0.4 is 0 Å². The van der Waals surface area contributed by atoms with Gasteiger partial charge in [0, 0.05) is 10.9 Å². The van der Waals surface area contributed by atoms with Gasteiger partial charge in [-0.05, 0) is 22.4 Å². The van der Waals surface area contributed by atoms with Crippen LogP contribution in [0.5, 0.6) is 0 Å². The molecule has 1 heterocycles. The van der Waals surface area contributed by atoms with E-state index < -0.39 is 11.9 Å². The number of hydrogen-bond acceptors (Lipinski definition) is 5. The van der Waals surface area contributed by atoms with Crippen LogP contribution in [0, 0.1) is 0 Å². The van der Waals surface area contributed by atoms with E-state index in [0.29, 0.717) is 10.9 Å². The highest BCUT2D eigenvalue weighted by atomic mass is 16.5. The molecule has 0 N–H and O–H groups in total. The number of hydrogen-bond donors (Lipinski definition) is 0. The third kappa shape index (κ3) is 2.87. The molecule has 0 aliphatic heterocycles. The minimum absolute atomic E-state index is 0.0584. The van der Waals surface area contributed by atoms with Gasteiger partial charge >= 0.3 is 11.9 Å². The molecule has 0 bridgehead atoms. The van der Waals surface area contributed by atoms with Crippen molar-refractivity contribution < 1.29 is 19.1 Å². The summed E-state index contributed by atoms with van der Waals surface area (Å²) in [5.41, 5.74) is 2.67. The van der Waals surface area contributed by atoms with Crippen LogP contribution in [-0.2, 0) is 9.47 Å². The highest BCUT2D eigenvalue weighted by molar-refractivity contribution is 6.11. The first-order valence-electron chi connectivity index (χ1n) is 8.72. The maximum Gasteiger partial charge on any atom is 0.356 e. The number of rotatable bonds is 3. The number of esters is 2. The second-order valence-corrected chi connectivity index (χ2v) is 6.27. The Bertz CT molecular complexity index is 1220. The Balaban J connectivity index is 2.10. The van der Waals surface area contributed by atoms with Crippen LogP contribution in [-0.4, -0.2) is 31.1 Å². The van der Waals surface area contributed by atoms with Gasteiger partial charge in [0.15, 0.2) is 0 Å². The molecule has 0 radical (unpaired) electrons. The monoisotopic (exact) mass is 371 g/mol. The zero-order chi connectivity index (χ0) is 19.7. The molecule has 0 aliphatic carbocycles. The van der Waals surface area contributed by atoms with Gasteiger partial charge in [0.25, 0.3) is 0 Å². The van der Waals surface area contributed by atoms with Crippen molar-refractivity contribution in [3.05, 3.63) is 78.0 Å². The van der Waals surface area contributed by atoms with Crippen molar-refractivity contribution in [1.29, 1.82) is 0 Å². The lowest BCUT2D eigenvalue weighted by molar-refractivity contribution is 0.0594. The van der Waals surface area contributed by atoms with Crippen molar-refractivity contribution in [2.75, 3.05) is 14.2 Å². The van der Waals surface area contributed by atoms with E-state index >= 15 is 0 Å². The van der Waals surface area contributed by atoms with Crippen molar-refractivity contribution in [1.82, 2.24) is 4.98 Å². The second kappa shape index (κ2) is 7.12. The number of pyridine rings is 1. The Hall–Kier alpha value is -3.73. The van der Waals surface area contributed by atoms with Crippen molar-refractivity contribution >= 4 is 33.6 Å². The van der Waals surface area contributed by atoms with Gasteiger partial charge in [0.05, 0.1) is 25.3 Å². The molecule has 3 aromatic carbocycles. The fourth-order valence-corrected chi connectivity index (χ4v) is 3.41. The Kier molecular flexibility index (Phi) is 4.49. The summed E-state index contributed by atoms with van der Waals surface area (Å²) in [5, 5.41) is 2.77. The first-order valence-corrected chi connectivity index (χ1v) is 8.72. The summed E-state index contributed by atoms with van der Waals surface area (Å²) >= 11 is 0. The van der Waals surface area contributed by atoms with Crippen LogP contribution in [0.3, 0.4) is 0 Å². The Morgan fingerprint density at radius 3 is 2.18 bits per heavy atom. The predicted octanol–water partition coefficient (Wildman–Crippen LogP) is 4.63. The molecule has 5 heteroatoms. The first kappa shape index (κ1) is 17.7. The number of fused-ring (bicyclic) bond motifs is 2. The molecule has 0 spiro atoms. The van der Waals surface area contributed by atoms with E-state index in [9.17, 15) is 9.59 Å². The number of para-hydroxylation sites is 1. The molecular weight excluding hydrogens is 354 g/mol. The van der Waals surface area contributed by atoms with Gasteiger partial charge in [-0.25, -0.2) is 14.6 Å². The van der Waals surface area contributed by atoms with Gasteiger partial charge < -0.3 is 9.47 Å². The molecule has 4 aromatic rings. The minimum atomic E-state index is -0.611. The fraction of sp³-hybridized carbons (Fsp3) is 0.0870. The zero-order valence-corrected chi connectivity index (χ0v) is 15.4. The zero-order valence-electron chi connectivity index (χ0n) is 15.4. The van der Waals surface area contributed by atoms with E-state index in [1.807, 2.05) is 54.6 Å². The lowest BCUT2D eigenvalue weighted by atomic mass is 9.95. The average molecular weight is 371 g/mol. The minimum Gasteiger partial charge on any atom is -0.465 e. The molecule has 1 aromatic heterocycles. The SMILES string of the molecule is COC(=O)c1cc(C(=O)OC)c2cccc(-c3cccc4ccccc34)c2n1. The van der Waals surface area contributed by atoms with Crippen molar-refractivity contribution in [3.8, 4) is 11.1 Å². The summed E-state index contributed by atoms with van der Waals surface area (Å²) in [4.78, 5) is 29.0. The first-order chi connectivity index (χ1) is 13.6. The molecule has 4 rings (SSSR count). The summed E-state index contributed by atoms with van der Waals surface area (Å²) < 4.78 is 9.73. The summed E-state index contributed by atoms with van der Waals surface area (Å²) in [7, 11) is 2.59. The van der Waals surface area contributed by atoms with Crippen molar-refractivity contribution in [2.24, 2.45) is 0 Å². The predicted molar refractivity (Wildman–Crippen MR) is 107 cm³/mol. The molecule has 0 saturated carbocycles. The number of ether oxygens (including phenoxy) is 2. The molecule has 5 nitrogen and oxygen atoms in total. The molecule has 0 atom stereocenters. The highest BCUT2D eigenvalue weighted by Gasteiger charge is 2.20. The normalized spacial score (nSPS) is 10.8. The quantitative estimate of drug-likeness (QED) is 0.491. The van der Waals surface area contributed by atoms with Crippen molar-refractivity contribution in [3.63, 3.8) is 0 Å². The summed E-state index contributed by atoms with van der Waals surface area (Å²) in [6.07, 6.45) is 0. The largest absolute Gasteiger partial charge is 0.465 e. The molecular formula is C23H17NO4. The Labute approximate surface area is 161 Å². The molecule has 0 amide bonds. The maximum absolute atomic E-state index is 12.3. The molecule has 0 unspecified atom stereocenters. The molecule has 0 fully saturated rings. The van der Waals surface area contributed by atoms with E-state index in [0.717, 1.165) is 21.9 Å². The summed E-state index contributed by atoms with van der Waals surface area (Å²) in [6.45, 7) is 0. The third-order valence-electron chi connectivity index (χ3n) is 4.72. The smallest absolute Gasteiger partial charge is 0.356 e.